The average Bonchev–Trinajstić information content (AvgIpc) is 1.60. The monoisotopic (exact) mass is 2450 g/mol. The van der Waals surface area contributed by atoms with E-state index in [0.29, 0.717) is 16.6 Å². The molecule has 0 bridgehead atoms. The van der Waals surface area contributed by atoms with Crippen LogP contribution in [-0.2, 0) is 131 Å². The average molecular weight is 2440 g/mol. The fourth-order valence-electron chi connectivity index (χ4n) is 12.0. The quantitative estimate of drug-likeness (QED) is 0.155. The molecule has 0 aliphatic carbocycles. The van der Waals surface area contributed by atoms with E-state index in [1.54, 1.807) is 12.1 Å². The molecule has 0 saturated heterocycles. The molecule has 2 aliphatic heterocycles. The van der Waals surface area contributed by atoms with E-state index in [1.807, 2.05) is 181 Å². The van der Waals surface area contributed by atoms with Gasteiger partial charge >= 0.3 is 0 Å². The normalized spacial score (nSPS) is 12.0. The predicted octanol–water partition coefficient (Wildman–Crippen LogP) is 21.3. The first kappa shape index (κ1) is 83.7. The third-order valence-electron chi connectivity index (χ3n) is 16.9. The van der Waals surface area contributed by atoms with Gasteiger partial charge in [-0.3, -0.25) is 19.3 Å². The number of fused-ring (bicyclic) bond motifs is 6. The Balaban J connectivity index is 0.000000174. The van der Waals surface area contributed by atoms with E-state index in [-0.39, 0.29) is 149 Å². The number of para-hydroxylation sites is 4. The van der Waals surface area contributed by atoms with E-state index in [0.717, 1.165) is 73.0 Å². The molecule has 8 nitrogen and oxygen atoms in total. The minimum atomic E-state index is -0.357. The summed E-state index contributed by atoms with van der Waals surface area (Å²) in [4.78, 5) is 18.3. The van der Waals surface area contributed by atoms with E-state index in [9.17, 15) is 13.2 Å². The van der Waals surface area contributed by atoms with Gasteiger partial charge < -0.3 is 9.97 Å². The Morgan fingerprint density at radius 2 is 0.790 bits per heavy atom. The van der Waals surface area contributed by atoms with Crippen LogP contribution in [0.3, 0.4) is 0 Å². The zero-order valence-corrected chi connectivity index (χ0v) is 71.0. The summed E-state index contributed by atoms with van der Waals surface area (Å²) in [5.74, 6) is -0.928. The van der Waals surface area contributed by atoms with E-state index < -0.39 is 0 Å². The van der Waals surface area contributed by atoms with Crippen LogP contribution in [0.1, 0.15) is 49.9 Å². The molecule has 6 heterocycles. The molecule has 6 radical (unpaired) electrons. The fraction of sp³-hybridized carbons (Fsp3) is 0.0682. The molecule has 0 N–H and O–H groups in total. The van der Waals surface area contributed by atoms with Gasteiger partial charge in [0.15, 0.2) is 0 Å². The molecule has 4 aromatic heterocycles. The molecule has 0 atom stereocenters. The first-order valence-electron chi connectivity index (χ1n) is 32.2. The van der Waals surface area contributed by atoms with Crippen LogP contribution in [0.4, 0.5) is 24.5 Å². The Hall–Kier alpha value is -8.57. The largest absolute Gasteiger partial charge is 0.304 e. The Morgan fingerprint density at radius 3 is 1.39 bits per heavy atom. The summed E-state index contributed by atoms with van der Waals surface area (Å²) in [6.07, 6.45) is 7.16. The van der Waals surface area contributed by atoms with Crippen molar-refractivity contribution in [1.82, 2.24) is 29.5 Å². The van der Waals surface area contributed by atoms with Gasteiger partial charge in [-0.2, -0.15) is 46.6 Å². The van der Waals surface area contributed by atoms with Crippen molar-refractivity contribution in [3.05, 3.63) is 386 Å². The molecule has 0 saturated carbocycles. The first-order chi connectivity index (χ1) is 48.3. The van der Waals surface area contributed by atoms with Crippen LogP contribution in [0.15, 0.2) is 320 Å². The van der Waals surface area contributed by atoms with Crippen LogP contribution in [0, 0.1) is 53.8 Å². The van der Waals surface area contributed by atoms with Gasteiger partial charge in [0.25, 0.3) is 0 Å². The van der Waals surface area contributed by atoms with E-state index in [1.165, 1.54) is 86.0 Å². The predicted molar refractivity (Wildman–Crippen MR) is 394 cm³/mol. The van der Waals surface area contributed by atoms with Gasteiger partial charge in [-0.25, -0.2) is 13.2 Å². The first-order valence-corrected chi connectivity index (χ1v) is 32.2. The van der Waals surface area contributed by atoms with Crippen LogP contribution in [0.25, 0.3) is 77.2 Å². The van der Waals surface area contributed by atoms with Crippen molar-refractivity contribution in [2.75, 3.05) is 0 Å². The standard InChI is InChI=1S/C16H13FN.C16H14N.2C15H10N.C13H7F2N2.C13H9N2.6Ir/c1-16(2)13-8-3-4-9-14(13)18-15(16)11-6-5-7-12(17)10-11;1-16(2)13-10-6-7-11-14(13)17-15(16)12-8-4-3-5-9-12;1-2-7-13(8-3-1)15-14-9-5-4-6-12(14)10-11-16-15;1-2-6-12(7-3-1)15-10-13-8-4-5-9-14(13)11-16-15;14-10-2-1-3-12(7-10)17-13-5-4-11(15)6-9(13)8-16-17;1-2-7-12(8-3-1)15-13-9-5-4-6-11(13)10-14-15;;;;;;/h3-5,7-10H,1-2H3;3-8,10-11H,1-2H3;1-7,9-11H;1-6,8-11H;1-2,4-8H;1-7,9-10H;;;;;;/q6*-1;;;;;;. The second kappa shape index (κ2) is 39.1. The number of benzene rings is 12. The van der Waals surface area contributed by atoms with Crippen LogP contribution in [0.2, 0.25) is 0 Å². The van der Waals surface area contributed by atoms with Gasteiger partial charge in [-0.15, -0.1) is 156 Å². The molecule has 0 fully saturated rings. The summed E-state index contributed by atoms with van der Waals surface area (Å²) < 4.78 is 42.9. The molecule has 0 spiro atoms. The summed E-state index contributed by atoms with van der Waals surface area (Å²) >= 11 is 0. The number of hydrogen-bond donors (Lipinski definition) is 0. The summed E-state index contributed by atoms with van der Waals surface area (Å²) in [6, 6.07) is 109. The number of halogens is 3. The molecular formula is C88H63F3Ir6N8-6. The molecule has 16 aromatic rings. The van der Waals surface area contributed by atoms with Gasteiger partial charge in [0.1, 0.15) is 5.82 Å². The minimum Gasteiger partial charge on any atom is -0.304 e. The second-order valence-corrected chi connectivity index (χ2v) is 24.3. The van der Waals surface area contributed by atoms with Crippen molar-refractivity contribution in [2.45, 2.75) is 38.5 Å². The third kappa shape index (κ3) is 19.9. The summed E-state index contributed by atoms with van der Waals surface area (Å²) in [6.45, 7) is 8.66. The Morgan fingerprint density at radius 1 is 0.324 bits per heavy atom. The maximum atomic E-state index is 13.3. The number of pyridine rings is 2. The molecule has 0 unspecified atom stereocenters. The topological polar surface area (TPSA) is 86.1 Å². The van der Waals surface area contributed by atoms with E-state index in [4.69, 9.17) is 4.99 Å². The number of hydrogen-bond acceptors (Lipinski definition) is 6. The van der Waals surface area contributed by atoms with Crippen LogP contribution in [0.5, 0.6) is 0 Å². The van der Waals surface area contributed by atoms with Crippen molar-refractivity contribution in [3.8, 4) is 33.9 Å². The molecule has 105 heavy (non-hydrogen) atoms. The maximum Gasteiger partial charge on any atom is 0.124 e. The van der Waals surface area contributed by atoms with Crippen molar-refractivity contribution in [2.24, 2.45) is 9.98 Å². The van der Waals surface area contributed by atoms with Gasteiger partial charge in [-0.05, 0) is 109 Å². The van der Waals surface area contributed by atoms with Gasteiger partial charge in [0.05, 0.1) is 34.8 Å². The molecule has 536 valence electrons. The van der Waals surface area contributed by atoms with Gasteiger partial charge in [0.2, 0.25) is 0 Å². The smallest absolute Gasteiger partial charge is 0.124 e. The Bertz CT molecular complexity index is 5520. The number of aliphatic imine (C=N–C) groups is 2. The zero-order valence-electron chi connectivity index (χ0n) is 56.7. The van der Waals surface area contributed by atoms with E-state index >= 15 is 0 Å². The number of aromatic nitrogens is 6. The van der Waals surface area contributed by atoms with E-state index in [2.05, 4.69) is 162 Å². The minimum absolute atomic E-state index is 0. The van der Waals surface area contributed by atoms with Crippen molar-refractivity contribution < 1.29 is 134 Å². The second-order valence-electron chi connectivity index (χ2n) is 24.3. The molecule has 2 aliphatic rings. The molecule has 12 aromatic carbocycles. The fourth-order valence-corrected chi connectivity index (χ4v) is 12.0. The maximum absolute atomic E-state index is 13.3. The van der Waals surface area contributed by atoms with Crippen molar-refractivity contribution >= 4 is 66.1 Å². The van der Waals surface area contributed by atoms with Crippen LogP contribution in [-0.4, -0.2) is 41.0 Å². The zero-order chi connectivity index (χ0) is 68.1. The number of nitrogens with zero attached hydrogens (tertiary/aromatic N) is 8. The Kier molecular flexibility index (Phi) is 31.2. The van der Waals surface area contributed by atoms with Gasteiger partial charge in [0, 0.05) is 166 Å². The van der Waals surface area contributed by atoms with Crippen molar-refractivity contribution in [3.63, 3.8) is 0 Å². The Labute approximate surface area is 691 Å². The molecular weight excluding hydrogens is 2380 g/mol. The van der Waals surface area contributed by atoms with Crippen molar-refractivity contribution in [1.29, 1.82) is 0 Å². The number of rotatable bonds is 6. The SMILES string of the molecule is CC1(C)C(c2[c-]ccc(F)c2)=Nc2ccccc21.CC1(C)C(c2[c-]cccc2)=Nc2ccccc21.Fc1cc[c-]c(-n2ncc3cc(F)ccc32)c1.[Ir].[Ir].[Ir].[Ir].[Ir].[Ir].[c-]1ccccc1-c1cc2ccccc2cn1.[c-]1ccccc1-c1nccc2ccccc12.[c-]1ccccc1-n1ncc2ccccc21. The van der Waals surface area contributed by atoms with Crippen LogP contribution >= 0.6 is 0 Å². The summed E-state index contributed by atoms with van der Waals surface area (Å²) in [5, 5.41) is 15.0. The third-order valence-corrected chi connectivity index (χ3v) is 16.9. The van der Waals surface area contributed by atoms with Gasteiger partial charge in [-0.1, -0.05) is 137 Å². The summed E-state index contributed by atoms with van der Waals surface area (Å²) in [5.41, 5.74) is 15.4. The summed E-state index contributed by atoms with van der Waals surface area (Å²) in [7, 11) is 0. The molecule has 17 heteroatoms. The molecule has 18 rings (SSSR count). The van der Waals surface area contributed by atoms with Crippen LogP contribution < -0.4 is 0 Å². The molecule has 0 amide bonds.